The minimum atomic E-state index is -0.524. The van der Waals surface area contributed by atoms with Crippen LogP contribution in [0.15, 0.2) is 54.6 Å². The summed E-state index contributed by atoms with van der Waals surface area (Å²) in [7, 11) is 0. The smallest absolute Gasteiger partial charge is 0.255 e. The van der Waals surface area contributed by atoms with Crippen molar-refractivity contribution in [2.75, 3.05) is 18.0 Å². The number of nitrogens with two attached hydrogens (primary N) is 2. The molecule has 0 fully saturated rings. The predicted octanol–water partition coefficient (Wildman–Crippen LogP) is 6.70. The van der Waals surface area contributed by atoms with Gasteiger partial charge < -0.3 is 21.5 Å². The van der Waals surface area contributed by atoms with Crippen molar-refractivity contribution in [1.29, 1.82) is 0 Å². The summed E-state index contributed by atoms with van der Waals surface area (Å²) in [4.78, 5) is 26.7. The van der Waals surface area contributed by atoms with Gasteiger partial charge in [0, 0.05) is 23.1 Å². The summed E-state index contributed by atoms with van der Waals surface area (Å²) in [5.41, 5.74) is 17.5. The second-order valence-electron chi connectivity index (χ2n) is 13.9. The van der Waals surface area contributed by atoms with Crippen LogP contribution < -0.4 is 21.5 Å². The molecule has 0 saturated carbocycles. The summed E-state index contributed by atoms with van der Waals surface area (Å²) >= 11 is 0. The number of ether oxygens (including phenoxy) is 1. The Morgan fingerprint density at radius 2 is 1.37 bits per heavy atom. The van der Waals surface area contributed by atoms with Crippen LogP contribution in [-0.2, 0) is 22.7 Å². The van der Waals surface area contributed by atoms with Crippen LogP contribution in [0.25, 0.3) is 11.4 Å². The van der Waals surface area contributed by atoms with Crippen molar-refractivity contribution in [2.24, 2.45) is 0 Å². The zero-order chi connectivity index (χ0) is 31.3. The van der Waals surface area contributed by atoms with Crippen molar-refractivity contribution in [3.05, 3.63) is 88.0 Å². The van der Waals surface area contributed by atoms with Gasteiger partial charge in [-0.1, -0.05) is 97.9 Å². The number of carbonyl (C=O) groups excluding carboxylic acids is 1. The van der Waals surface area contributed by atoms with E-state index in [-0.39, 0.29) is 28.6 Å². The summed E-state index contributed by atoms with van der Waals surface area (Å²) in [5.74, 6) is 1.31. The van der Waals surface area contributed by atoms with Crippen molar-refractivity contribution < 1.29 is 9.53 Å². The van der Waals surface area contributed by atoms with Gasteiger partial charge in [0.25, 0.3) is 5.91 Å². The summed E-state index contributed by atoms with van der Waals surface area (Å²) in [6, 6.07) is 18.5. The summed E-state index contributed by atoms with van der Waals surface area (Å²) < 4.78 is 6.79. The highest BCUT2D eigenvalue weighted by Crippen LogP contribution is 2.54. The lowest BCUT2D eigenvalue weighted by Gasteiger charge is -2.38. The molecule has 0 aliphatic carbocycles. The second kappa shape index (κ2) is 10.7. The Kier molecular flexibility index (Phi) is 7.45. The number of rotatable bonds is 5. The maximum Gasteiger partial charge on any atom is 0.255 e. The van der Waals surface area contributed by atoms with Gasteiger partial charge >= 0.3 is 0 Å². The first-order valence-corrected chi connectivity index (χ1v) is 14.7. The Bertz CT molecular complexity index is 1680. The van der Waals surface area contributed by atoms with Gasteiger partial charge in [0.05, 0.1) is 11.1 Å². The first-order valence-electron chi connectivity index (χ1n) is 14.7. The summed E-state index contributed by atoms with van der Waals surface area (Å²) in [6.45, 7) is 17.8. The summed E-state index contributed by atoms with van der Waals surface area (Å²) in [5, 5.41) is 3.13. The van der Waals surface area contributed by atoms with Crippen LogP contribution in [0.3, 0.4) is 0 Å². The average Bonchev–Trinajstić information content (AvgIpc) is 2.91. The van der Waals surface area contributed by atoms with Crippen LogP contribution in [0.4, 0.5) is 11.9 Å². The quantitative estimate of drug-likeness (QED) is 0.240. The molecule has 0 unspecified atom stereocenters. The number of hydrogen-bond acceptors (Lipinski definition) is 7. The van der Waals surface area contributed by atoms with Gasteiger partial charge in [0.2, 0.25) is 11.9 Å². The van der Waals surface area contributed by atoms with E-state index in [1.165, 1.54) is 0 Å². The Labute approximate surface area is 254 Å². The van der Waals surface area contributed by atoms with Crippen LogP contribution >= 0.6 is 0 Å². The van der Waals surface area contributed by atoms with E-state index in [4.69, 9.17) is 16.2 Å². The first kappa shape index (κ1) is 30.0. The molecule has 0 spiro atoms. The van der Waals surface area contributed by atoms with Gasteiger partial charge in [0.15, 0.2) is 5.82 Å². The highest BCUT2D eigenvalue weighted by Gasteiger charge is 2.40. The minimum absolute atomic E-state index is 0.0289. The number of nitrogen functional groups attached to an aromatic ring is 2. The van der Waals surface area contributed by atoms with E-state index in [1.807, 2.05) is 30.3 Å². The average molecular weight is 579 g/mol. The minimum Gasteiger partial charge on any atom is -0.455 e. The van der Waals surface area contributed by atoms with Crippen LogP contribution in [0.2, 0.25) is 0 Å². The van der Waals surface area contributed by atoms with Gasteiger partial charge in [-0.3, -0.25) is 4.79 Å². The molecule has 0 atom stereocenters. The third-order valence-corrected chi connectivity index (χ3v) is 8.16. The molecular weight excluding hydrogens is 536 g/mol. The van der Waals surface area contributed by atoms with E-state index in [2.05, 4.69) is 99.9 Å². The van der Waals surface area contributed by atoms with Crippen molar-refractivity contribution in [3.8, 4) is 22.9 Å². The monoisotopic (exact) mass is 578 g/mol. The third-order valence-electron chi connectivity index (χ3n) is 8.16. The van der Waals surface area contributed by atoms with Crippen molar-refractivity contribution in [2.45, 2.75) is 78.1 Å². The maximum atomic E-state index is 13.9. The van der Waals surface area contributed by atoms with Crippen LogP contribution in [0.5, 0.6) is 11.5 Å². The molecule has 0 saturated heterocycles. The van der Waals surface area contributed by atoms with E-state index >= 15 is 0 Å². The third kappa shape index (κ3) is 5.91. The van der Waals surface area contributed by atoms with Gasteiger partial charge in [0.1, 0.15) is 11.5 Å². The predicted molar refractivity (Wildman–Crippen MR) is 173 cm³/mol. The van der Waals surface area contributed by atoms with Gasteiger partial charge in [-0.25, -0.2) is 0 Å². The molecule has 0 radical (unpaired) electrons. The lowest BCUT2D eigenvalue weighted by Crippen LogP contribution is -2.31. The van der Waals surface area contributed by atoms with Gasteiger partial charge in [-0.05, 0) is 46.1 Å². The first-order chi connectivity index (χ1) is 20.1. The molecule has 3 aromatic carbocycles. The molecular formula is C35H42N6O2. The molecule has 43 heavy (non-hydrogen) atoms. The topological polar surface area (TPSA) is 129 Å². The Hall–Kier alpha value is -4.46. The standard InChI is InChI=1S/C35H42N6O2/c1-33(2,3)21-16-23(29-39-31(36)41-32(37)40-29)27-25(18-21)35(7,8)26-19-22(34(4,5)6)17-24(28(26)43-27)30(42)38-15-14-20-12-10-9-11-13-20/h9-13,16-19H,14-15H2,1-8H3,(H,38,42)(H4,36,37,39,40,41). The molecule has 1 amide bonds. The largest absolute Gasteiger partial charge is 0.455 e. The molecule has 1 aromatic heterocycles. The molecule has 2 heterocycles. The van der Waals surface area contributed by atoms with Crippen molar-refractivity contribution >= 4 is 17.8 Å². The number of nitrogens with one attached hydrogen (secondary N) is 1. The van der Waals surface area contributed by atoms with Crippen molar-refractivity contribution in [3.63, 3.8) is 0 Å². The van der Waals surface area contributed by atoms with E-state index in [0.717, 1.165) is 34.2 Å². The maximum absolute atomic E-state index is 13.9. The van der Waals surface area contributed by atoms with Crippen LogP contribution in [-0.4, -0.2) is 27.4 Å². The molecule has 224 valence electrons. The lowest BCUT2D eigenvalue weighted by molar-refractivity contribution is 0.0951. The van der Waals surface area contributed by atoms with E-state index in [9.17, 15) is 4.79 Å². The fourth-order valence-electron chi connectivity index (χ4n) is 5.44. The molecule has 0 bridgehead atoms. The Balaban J connectivity index is 1.68. The van der Waals surface area contributed by atoms with E-state index in [0.29, 0.717) is 35.0 Å². The number of anilines is 2. The van der Waals surface area contributed by atoms with E-state index in [1.54, 1.807) is 0 Å². The number of nitrogens with zero attached hydrogens (tertiary/aromatic N) is 3. The van der Waals surface area contributed by atoms with Crippen molar-refractivity contribution in [1.82, 2.24) is 20.3 Å². The normalized spacial score (nSPS) is 14.0. The van der Waals surface area contributed by atoms with Gasteiger partial charge in [-0.2, -0.15) is 15.0 Å². The van der Waals surface area contributed by atoms with Crippen LogP contribution in [0.1, 0.15) is 93.6 Å². The molecule has 5 rings (SSSR count). The number of benzene rings is 3. The Morgan fingerprint density at radius 3 is 1.95 bits per heavy atom. The number of aromatic nitrogens is 3. The Morgan fingerprint density at radius 1 is 0.814 bits per heavy atom. The molecule has 4 aromatic rings. The fraction of sp³-hybridized carbons (Fsp3) is 0.371. The lowest BCUT2D eigenvalue weighted by atomic mass is 9.70. The second-order valence-corrected chi connectivity index (χ2v) is 13.9. The molecule has 8 heteroatoms. The van der Waals surface area contributed by atoms with E-state index < -0.39 is 5.41 Å². The molecule has 1 aliphatic rings. The molecule has 5 N–H and O–H groups in total. The molecule has 8 nitrogen and oxygen atoms in total. The van der Waals surface area contributed by atoms with Crippen LogP contribution in [0, 0.1) is 0 Å². The number of carbonyl (C=O) groups is 1. The summed E-state index contributed by atoms with van der Waals surface area (Å²) in [6.07, 6.45) is 0.727. The number of hydrogen-bond donors (Lipinski definition) is 3. The highest BCUT2D eigenvalue weighted by atomic mass is 16.5. The zero-order valence-corrected chi connectivity index (χ0v) is 26.4. The SMILES string of the molecule is CC(C)(C)c1cc(C(=O)NCCc2ccccc2)c2c(c1)C(C)(C)c1cc(C(C)(C)C)cc(-c3nc(N)nc(N)n3)c1O2. The number of amides is 1. The molecule has 1 aliphatic heterocycles. The zero-order valence-electron chi connectivity index (χ0n) is 26.4. The highest BCUT2D eigenvalue weighted by molar-refractivity contribution is 5.98. The fourth-order valence-corrected chi connectivity index (χ4v) is 5.44. The number of fused-ring (bicyclic) bond motifs is 2. The van der Waals surface area contributed by atoms with Gasteiger partial charge in [-0.15, -0.1) is 0 Å².